The number of benzene rings is 2. The molecule has 0 heterocycles. The third-order valence-electron chi connectivity index (χ3n) is 4.83. The van der Waals surface area contributed by atoms with Crippen molar-refractivity contribution in [3.8, 4) is 11.5 Å². The summed E-state index contributed by atoms with van der Waals surface area (Å²) in [5, 5.41) is 13.5. The van der Waals surface area contributed by atoms with Gasteiger partial charge < -0.3 is 24.8 Å². The lowest BCUT2D eigenvalue weighted by atomic mass is 10.1. The summed E-state index contributed by atoms with van der Waals surface area (Å²) in [4.78, 5) is 2.16. The second-order valence-electron chi connectivity index (χ2n) is 6.99. The molecule has 6 heteroatoms. The van der Waals surface area contributed by atoms with Crippen molar-refractivity contribution in [2.24, 2.45) is 0 Å². The smallest absolute Gasteiger partial charge is 0.161 e. The van der Waals surface area contributed by atoms with Gasteiger partial charge >= 0.3 is 0 Å². The Kier molecular flexibility index (Phi) is 9.91. The molecule has 0 aliphatic carbocycles. The number of rotatable bonds is 13. The van der Waals surface area contributed by atoms with E-state index in [0.717, 1.165) is 37.2 Å². The number of halogens is 1. The second kappa shape index (κ2) is 12.4. The Morgan fingerprint density at radius 1 is 1.07 bits per heavy atom. The molecule has 0 radical (unpaired) electrons. The quantitative estimate of drug-likeness (QED) is 0.502. The van der Waals surface area contributed by atoms with E-state index in [0.29, 0.717) is 24.6 Å². The van der Waals surface area contributed by atoms with Crippen LogP contribution in [-0.4, -0.2) is 56.0 Å². The van der Waals surface area contributed by atoms with E-state index in [1.165, 1.54) is 6.07 Å². The van der Waals surface area contributed by atoms with E-state index in [1.807, 2.05) is 24.3 Å². The van der Waals surface area contributed by atoms with Crippen molar-refractivity contribution in [2.75, 3.05) is 39.9 Å². The zero-order valence-corrected chi connectivity index (χ0v) is 17.7. The molecule has 2 aromatic carbocycles. The van der Waals surface area contributed by atoms with Crippen molar-refractivity contribution in [3.63, 3.8) is 0 Å². The monoisotopic (exact) mass is 404 g/mol. The highest BCUT2D eigenvalue weighted by atomic mass is 19.1. The van der Waals surface area contributed by atoms with Gasteiger partial charge in [0, 0.05) is 13.1 Å². The maximum absolute atomic E-state index is 13.2. The maximum atomic E-state index is 13.2. The Balaban J connectivity index is 1.81. The molecule has 2 rings (SSSR count). The zero-order valence-electron chi connectivity index (χ0n) is 17.7. The average Bonchev–Trinajstić information content (AvgIpc) is 2.73. The Labute approximate surface area is 173 Å². The van der Waals surface area contributed by atoms with Crippen LogP contribution < -0.4 is 14.8 Å². The van der Waals surface area contributed by atoms with Gasteiger partial charge in [-0.2, -0.15) is 0 Å². The summed E-state index contributed by atoms with van der Waals surface area (Å²) in [6, 6.07) is 12.4. The van der Waals surface area contributed by atoms with E-state index in [9.17, 15) is 9.50 Å². The van der Waals surface area contributed by atoms with Crippen molar-refractivity contribution in [2.45, 2.75) is 32.9 Å². The van der Waals surface area contributed by atoms with E-state index in [2.05, 4.69) is 24.1 Å². The van der Waals surface area contributed by atoms with Gasteiger partial charge in [0.2, 0.25) is 0 Å². The van der Waals surface area contributed by atoms with E-state index in [-0.39, 0.29) is 12.4 Å². The highest BCUT2D eigenvalue weighted by molar-refractivity contribution is 5.43. The third kappa shape index (κ3) is 8.01. The van der Waals surface area contributed by atoms with Gasteiger partial charge in [-0.05, 0) is 61.4 Å². The lowest BCUT2D eigenvalue weighted by molar-refractivity contribution is 0.0705. The molecule has 5 nitrogen and oxygen atoms in total. The molecule has 29 heavy (non-hydrogen) atoms. The average molecular weight is 405 g/mol. The number of hydrogen-bond donors (Lipinski definition) is 2. The largest absolute Gasteiger partial charge is 0.493 e. The van der Waals surface area contributed by atoms with Crippen LogP contribution in [0.3, 0.4) is 0 Å². The minimum atomic E-state index is -0.552. The Hall–Kier alpha value is -2.15. The van der Waals surface area contributed by atoms with Crippen LogP contribution in [0, 0.1) is 5.82 Å². The van der Waals surface area contributed by atoms with Gasteiger partial charge in [0.25, 0.3) is 0 Å². The number of aliphatic hydroxyl groups excluding tert-OH is 1. The molecule has 0 aliphatic heterocycles. The van der Waals surface area contributed by atoms with E-state index >= 15 is 0 Å². The molecule has 0 saturated heterocycles. The van der Waals surface area contributed by atoms with Crippen LogP contribution in [0.1, 0.15) is 25.0 Å². The summed E-state index contributed by atoms with van der Waals surface area (Å²) in [5.74, 6) is 1.06. The Bertz CT molecular complexity index is 738. The van der Waals surface area contributed by atoms with Crippen molar-refractivity contribution in [1.82, 2.24) is 10.2 Å². The molecular weight excluding hydrogens is 371 g/mol. The van der Waals surface area contributed by atoms with Crippen LogP contribution in [0.5, 0.6) is 11.5 Å². The highest BCUT2D eigenvalue weighted by Gasteiger charge is 2.12. The standard InChI is InChI=1S/C23H33FN2O3/c1-4-26(5-2)16-21(27)17-29-22-10-9-19(14-23(22)28-3)15-25-12-11-18-7-6-8-20(24)13-18/h6-10,13-14,21,25,27H,4-5,11-12,15-17H2,1-3H3. The predicted molar refractivity (Wildman–Crippen MR) is 114 cm³/mol. The van der Waals surface area contributed by atoms with Gasteiger partial charge in [0.15, 0.2) is 11.5 Å². The number of hydrogen-bond acceptors (Lipinski definition) is 5. The molecule has 0 amide bonds. The molecule has 2 aromatic rings. The van der Waals surface area contributed by atoms with Crippen molar-refractivity contribution < 1.29 is 19.0 Å². The number of ether oxygens (including phenoxy) is 2. The van der Waals surface area contributed by atoms with Crippen LogP contribution in [0.2, 0.25) is 0 Å². The van der Waals surface area contributed by atoms with Gasteiger partial charge in [-0.1, -0.05) is 32.0 Å². The fourth-order valence-electron chi connectivity index (χ4n) is 3.12. The zero-order chi connectivity index (χ0) is 21.1. The molecule has 0 spiro atoms. The fraction of sp³-hybridized carbons (Fsp3) is 0.478. The SMILES string of the molecule is CCN(CC)CC(O)COc1ccc(CNCCc2cccc(F)c2)cc1OC. The van der Waals surface area contributed by atoms with E-state index < -0.39 is 6.10 Å². The minimum absolute atomic E-state index is 0.204. The van der Waals surface area contributed by atoms with E-state index in [1.54, 1.807) is 19.2 Å². The highest BCUT2D eigenvalue weighted by Crippen LogP contribution is 2.28. The molecule has 160 valence electrons. The number of nitrogens with zero attached hydrogens (tertiary/aromatic N) is 1. The number of likely N-dealkylation sites (N-methyl/N-ethyl adjacent to an activating group) is 1. The molecule has 0 aromatic heterocycles. The van der Waals surface area contributed by atoms with Crippen molar-refractivity contribution >= 4 is 0 Å². The number of aliphatic hydroxyl groups is 1. The first kappa shape index (κ1) is 23.1. The molecule has 2 N–H and O–H groups in total. The summed E-state index contributed by atoms with van der Waals surface area (Å²) in [6.07, 6.45) is 0.212. The number of nitrogens with one attached hydrogen (secondary N) is 1. The first-order valence-electron chi connectivity index (χ1n) is 10.2. The van der Waals surface area contributed by atoms with Crippen LogP contribution >= 0.6 is 0 Å². The summed E-state index contributed by atoms with van der Waals surface area (Å²) in [6.45, 7) is 8.18. The fourth-order valence-corrected chi connectivity index (χ4v) is 3.12. The predicted octanol–water partition coefficient (Wildman–Crippen LogP) is 3.25. The maximum Gasteiger partial charge on any atom is 0.161 e. The number of methoxy groups -OCH3 is 1. The van der Waals surface area contributed by atoms with Crippen LogP contribution in [0.15, 0.2) is 42.5 Å². The van der Waals surface area contributed by atoms with Gasteiger partial charge in [0.05, 0.1) is 7.11 Å². The van der Waals surface area contributed by atoms with Crippen LogP contribution in [0.4, 0.5) is 4.39 Å². The first-order valence-corrected chi connectivity index (χ1v) is 10.2. The van der Waals surface area contributed by atoms with Crippen LogP contribution in [-0.2, 0) is 13.0 Å². The van der Waals surface area contributed by atoms with E-state index in [4.69, 9.17) is 9.47 Å². The van der Waals surface area contributed by atoms with Gasteiger partial charge in [-0.15, -0.1) is 0 Å². The summed E-state index contributed by atoms with van der Waals surface area (Å²) >= 11 is 0. The summed E-state index contributed by atoms with van der Waals surface area (Å²) in [5.41, 5.74) is 2.04. The lowest BCUT2D eigenvalue weighted by Crippen LogP contribution is -2.35. The topological polar surface area (TPSA) is 54.0 Å². The molecule has 1 unspecified atom stereocenters. The molecule has 0 saturated carbocycles. The molecular formula is C23H33FN2O3. The summed E-state index contributed by atoms with van der Waals surface area (Å²) < 4.78 is 24.4. The molecule has 0 aliphatic rings. The van der Waals surface area contributed by atoms with Crippen molar-refractivity contribution in [3.05, 3.63) is 59.4 Å². The normalized spacial score (nSPS) is 12.2. The molecule has 0 fully saturated rings. The molecule has 1 atom stereocenters. The minimum Gasteiger partial charge on any atom is -0.493 e. The Morgan fingerprint density at radius 3 is 2.55 bits per heavy atom. The molecule has 0 bridgehead atoms. The van der Waals surface area contributed by atoms with Crippen LogP contribution in [0.25, 0.3) is 0 Å². The Morgan fingerprint density at radius 2 is 1.86 bits per heavy atom. The second-order valence-corrected chi connectivity index (χ2v) is 6.99. The lowest BCUT2D eigenvalue weighted by Gasteiger charge is -2.22. The van der Waals surface area contributed by atoms with Gasteiger partial charge in [-0.3, -0.25) is 0 Å². The van der Waals surface area contributed by atoms with Crippen molar-refractivity contribution in [1.29, 1.82) is 0 Å². The van der Waals surface area contributed by atoms with Gasteiger partial charge in [-0.25, -0.2) is 4.39 Å². The first-order chi connectivity index (χ1) is 14.0. The van der Waals surface area contributed by atoms with Gasteiger partial charge in [0.1, 0.15) is 18.5 Å². The third-order valence-corrected chi connectivity index (χ3v) is 4.83. The summed E-state index contributed by atoms with van der Waals surface area (Å²) in [7, 11) is 1.61.